The molecule has 0 bridgehead atoms. The van der Waals surface area contributed by atoms with Crippen LogP contribution >= 0.6 is 0 Å². The maximum Gasteiger partial charge on any atom is 0.163 e. The lowest BCUT2D eigenvalue weighted by atomic mass is 10.0. The molecule has 0 aromatic heterocycles. The Balaban J connectivity index is 2.32. The van der Waals surface area contributed by atoms with Gasteiger partial charge in [0.05, 0.1) is 12.2 Å². The summed E-state index contributed by atoms with van der Waals surface area (Å²) in [5.74, 6) is -0.452. The van der Waals surface area contributed by atoms with E-state index in [1.807, 2.05) is 19.9 Å². The smallest absolute Gasteiger partial charge is 0.163 e. The molecule has 0 aromatic rings. The van der Waals surface area contributed by atoms with Crippen LogP contribution in [0.3, 0.4) is 0 Å². The van der Waals surface area contributed by atoms with E-state index in [1.165, 1.54) is 25.7 Å². The van der Waals surface area contributed by atoms with Crippen LogP contribution in [0.4, 0.5) is 0 Å². The zero-order valence-electron chi connectivity index (χ0n) is 11.0. The molecular weight excluding hydrogens is 200 g/mol. The number of ether oxygens (including phenoxy) is 2. The van der Waals surface area contributed by atoms with Crippen molar-refractivity contribution in [3.8, 4) is 0 Å². The lowest BCUT2D eigenvalue weighted by molar-refractivity contribution is -0.291. The van der Waals surface area contributed by atoms with E-state index in [1.54, 1.807) is 0 Å². The molecule has 0 aliphatic carbocycles. The van der Waals surface area contributed by atoms with E-state index >= 15 is 0 Å². The third-order valence-corrected chi connectivity index (χ3v) is 3.02. The molecule has 0 spiro atoms. The number of hydrogen-bond donors (Lipinski definition) is 0. The summed E-state index contributed by atoms with van der Waals surface area (Å²) in [5.41, 5.74) is 0. The average Bonchev–Trinajstić information content (AvgIpc) is 2.22. The SMILES string of the molecule is C=C[C@H]1C[C@H](CCCCCC)OC(C)(C)O1. The Labute approximate surface area is 100 Å². The fraction of sp³-hybridized carbons (Fsp3) is 0.857. The highest BCUT2D eigenvalue weighted by Crippen LogP contribution is 2.29. The summed E-state index contributed by atoms with van der Waals surface area (Å²) in [6.45, 7) is 10.0. The molecule has 16 heavy (non-hydrogen) atoms. The predicted octanol–water partition coefficient (Wildman–Crippen LogP) is 4.05. The fourth-order valence-corrected chi connectivity index (χ4v) is 2.27. The molecule has 1 aliphatic rings. The summed E-state index contributed by atoms with van der Waals surface area (Å²) in [7, 11) is 0. The van der Waals surface area contributed by atoms with Crippen molar-refractivity contribution in [1.29, 1.82) is 0 Å². The third kappa shape index (κ3) is 4.67. The first-order chi connectivity index (χ1) is 7.57. The lowest BCUT2D eigenvalue weighted by Gasteiger charge is -2.40. The van der Waals surface area contributed by atoms with Gasteiger partial charge in [-0.05, 0) is 20.3 Å². The summed E-state index contributed by atoms with van der Waals surface area (Å²) in [6.07, 6.45) is 9.69. The molecule has 1 heterocycles. The molecule has 2 atom stereocenters. The van der Waals surface area contributed by atoms with E-state index in [2.05, 4.69) is 13.5 Å². The summed E-state index contributed by atoms with van der Waals surface area (Å²) < 4.78 is 11.7. The quantitative estimate of drug-likeness (QED) is 0.502. The highest BCUT2D eigenvalue weighted by molar-refractivity contribution is 4.87. The van der Waals surface area contributed by atoms with Gasteiger partial charge in [-0.3, -0.25) is 0 Å². The van der Waals surface area contributed by atoms with Crippen LogP contribution in [-0.4, -0.2) is 18.0 Å². The molecule has 0 radical (unpaired) electrons. The molecule has 0 N–H and O–H groups in total. The molecule has 1 saturated heterocycles. The number of unbranched alkanes of at least 4 members (excludes halogenated alkanes) is 3. The van der Waals surface area contributed by atoms with Crippen molar-refractivity contribution in [3.05, 3.63) is 12.7 Å². The second kappa shape index (κ2) is 6.41. The van der Waals surface area contributed by atoms with Gasteiger partial charge in [0.1, 0.15) is 0 Å². The van der Waals surface area contributed by atoms with Crippen LogP contribution < -0.4 is 0 Å². The molecule has 94 valence electrons. The monoisotopic (exact) mass is 226 g/mol. The maximum atomic E-state index is 5.92. The molecular formula is C14H26O2. The zero-order chi connectivity index (χ0) is 12.0. The second-order valence-electron chi connectivity index (χ2n) is 5.12. The highest BCUT2D eigenvalue weighted by Gasteiger charge is 2.33. The average molecular weight is 226 g/mol. The van der Waals surface area contributed by atoms with Gasteiger partial charge in [0.2, 0.25) is 0 Å². The van der Waals surface area contributed by atoms with Crippen LogP contribution in [0.25, 0.3) is 0 Å². The predicted molar refractivity (Wildman–Crippen MR) is 67.4 cm³/mol. The first kappa shape index (κ1) is 13.7. The number of rotatable bonds is 6. The van der Waals surface area contributed by atoms with Crippen LogP contribution in [0.2, 0.25) is 0 Å². The molecule has 1 aliphatic heterocycles. The molecule has 2 heteroatoms. The molecule has 0 unspecified atom stereocenters. The van der Waals surface area contributed by atoms with E-state index in [0.29, 0.717) is 6.10 Å². The molecule has 0 saturated carbocycles. The highest BCUT2D eigenvalue weighted by atomic mass is 16.7. The first-order valence-corrected chi connectivity index (χ1v) is 6.55. The van der Waals surface area contributed by atoms with Crippen molar-refractivity contribution in [1.82, 2.24) is 0 Å². The van der Waals surface area contributed by atoms with E-state index < -0.39 is 5.79 Å². The largest absolute Gasteiger partial charge is 0.347 e. The minimum Gasteiger partial charge on any atom is -0.347 e. The number of hydrogen-bond acceptors (Lipinski definition) is 2. The van der Waals surface area contributed by atoms with Gasteiger partial charge in [0.25, 0.3) is 0 Å². The van der Waals surface area contributed by atoms with Crippen molar-refractivity contribution in [2.24, 2.45) is 0 Å². The maximum absolute atomic E-state index is 5.92. The van der Waals surface area contributed by atoms with Gasteiger partial charge >= 0.3 is 0 Å². The Morgan fingerprint density at radius 2 is 2.00 bits per heavy atom. The zero-order valence-corrected chi connectivity index (χ0v) is 11.0. The molecule has 1 rings (SSSR count). The molecule has 2 nitrogen and oxygen atoms in total. The standard InChI is InChI=1S/C14H26O2/c1-5-7-8-9-10-13-11-12(6-2)15-14(3,4)16-13/h6,12-13H,2,5,7-11H2,1,3-4H3/t12-,13-/m0/s1. The van der Waals surface area contributed by atoms with Gasteiger partial charge in [0, 0.05) is 6.42 Å². The Kier molecular flexibility index (Phi) is 5.50. The van der Waals surface area contributed by atoms with E-state index in [0.717, 1.165) is 12.8 Å². The molecule has 1 fully saturated rings. The van der Waals surface area contributed by atoms with E-state index in [-0.39, 0.29) is 6.10 Å². The molecule has 0 aromatic carbocycles. The van der Waals surface area contributed by atoms with Crippen molar-refractivity contribution in [2.75, 3.05) is 0 Å². The van der Waals surface area contributed by atoms with Crippen molar-refractivity contribution in [3.63, 3.8) is 0 Å². The van der Waals surface area contributed by atoms with Gasteiger partial charge in [-0.15, -0.1) is 6.58 Å². The van der Waals surface area contributed by atoms with Gasteiger partial charge in [0.15, 0.2) is 5.79 Å². The van der Waals surface area contributed by atoms with Crippen LogP contribution in [0.15, 0.2) is 12.7 Å². The second-order valence-corrected chi connectivity index (χ2v) is 5.12. The van der Waals surface area contributed by atoms with Crippen LogP contribution in [0.1, 0.15) is 59.3 Å². The Morgan fingerprint density at radius 1 is 1.25 bits per heavy atom. The van der Waals surface area contributed by atoms with Crippen LogP contribution in [-0.2, 0) is 9.47 Å². The Morgan fingerprint density at radius 3 is 2.62 bits per heavy atom. The van der Waals surface area contributed by atoms with Crippen LogP contribution in [0.5, 0.6) is 0 Å². The van der Waals surface area contributed by atoms with Gasteiger partial charge in [-0.2, -0.15) is 0 Å². The van der Waals surface area contributed by atoms with E-state index in [9.17, 15) is 0 Å². The third-order valence-electron chi connectivity index (χ3n) is 3.02. The summed E-state index contributed by atoms with van der Waals surface area (Å²) >= 11 is 0. The Bertz CT molecular complexity index is 211. The van der Waals surface area contributed by atoms with Gasteiger partial charge in [-0.1, -0.05) is 38.7 Å². The van der Waals surface area contributed by atoms with Crippen molar-refractivity contribution >= 4 is 0 Å². The first-order valence-electron chi connectivity index (χ1n) is 6.55. The summed E-state index contributed by atoms with van der Waals surface area (Å²) in [4.78, 5) is 0. The van der Waals surface area contributed by atoms with Crippen LogP contribution in [0, 0.1) is 0 Å². The lowest BCUT2D eigenvalue weighted by Crippen LogP contribution is -2.43. The van der Waals surface area contributed by atoms with Gasteiger partial charge < -0.3 is 9.47 Å². The van der Waals surface area contributed by atoms with Gasteiger partial charge in [-0.25, -0.2) is 0 Å². The van der Waals surface area contributed by atoms with Crippen molar-refractivity contribution < 1.29 is 9.47 Å². The minimum atomic E-state index is -0.452. The molecule has 0 amide bonds. The minimum absolute atomic E-state index is 0.153. The summed E-state index contributed by atoms with van der Waals surface area (Å²) in [6, 6.07) is 0. The van der Waals surface area contributed by atoms with Crippen molar-refractivity contribution in [2.45, 2.75) is 77.3 Å². The Hall–Kier alpha value is -0.340. The fourth-order valence-electron chi connectivity index (χ4n) is 2.27. The van der Waals surface area contributed by atoms with E-state index in [4.69, 9.17) is 9.47 Å². The topological polar surface area (TPSA) is 18.5 Å². The summed E-state index contributed by atoms with van der Waals surface area (Å²) in [5, 5.41) is 0. The normalized spacial score (nSPS) is 28.9.